The fourth-order valence-electron chi connectivity index (χ4n) is 2.79. The number of carboxylic acids is 1. The molecule has 0 aliphatic carbocycles. The molecule has 1 unspecified atom stereocenters. The van der Waals surface area contributed by atoms with Crippen molar-refractivity contribution in [3.8, 4) is 0 Å². The average Bonchev–Trinajstić information content (AvgIpc) is 2.51. The molecule has 2 amide bonds. The van der Waals surface area contributed by atoms with Crippen LogP contribution in [0.2, 0.25) is 0 Å². The number of nitrogens with one attached hydrogen (secondary N) is 1. The highest BCUT2D eigenvalue weighted by atomic mass is 16.4. The van der Waals surface area contributed by atoms with E-state index < -0.39 is 11.9 Å². The van der Waals surface area contributed by atoms with Gasteiger partial charge in [0.2, 0.25) is 0 Å². The number of aliphatic carboxylic acids is 1. The summed E-state index contributed by atoms with van der Waals surface area (Å²) in [7, 11) is 0. The van der Waals surface area contributed by atoms with E-state index in [1.165, 1.54) is 6.42 Å². The number of carbonyl (C=O) groups is 2. The number of carbonyl (C=O) groups excluding carboxylic acids is 1. The Hall–Kier alpha value is -2.11. The number of urea groups is 1. The maximum atomic E-state index is 12.2. The summed E-state index contributed by atoms with van der Waals surface area (Å²) in [5.41, 5.74) is 0.723. The molecule has 1 aromatic heterocycles. The van der Waals surface area contributed by atoms with Crippen LogP contribution in [0.4, 0.5) is 4.79 Å². The van der Waals surface area contributed by atoms with Crippen LogP contribution < -0.4 is 5.32 Å². The molecule has 6 nitrogen and oxygen atoms in total. The highest BCUT2D eigenvalue weighted by Crippen LogP contribution is 2.11. The van der Waals surface area contributed by atoms with Crippen LogP contribution in [0.25, 0.3) is 0 Å². The lowest BCUT2D eigenvalue weighted by Crippen LogP contribution is -2.44. The van der Waals surface area contributed by atoms with E-state index in [1.54, 1.807) is 23.2 Å². The van der Waals surface area contributed by atoms with Crippen molar-refractivity contribution >= 4 is 12.0 Å². The van der Waals surface area contributed by atoms with Crippen molar-refractivity contribution in [3.05, 3.63) is 30.1 Å². The summed E-state index contributed by atoms with van der Waals surface area (Å²) >= 11 is 0. The second kappa shape index (κ2) is 9.12. The molecule has 0 aromatic carbocycles. The molecule has 126 valence electrons. The van der Waals surface area contributed by atoms with Gasteiger partial charge in [0.25, 0.3) is 0 Å². The predicted octanol–water partition coefficient (Wildman–Crippen LogP) is 2.30. The lowest BCUT2D eigenvalue weighted by molar-refractivity contribution is -0.141. The largest absolute Gasteiger partial charge is 0.481 e. The third kappa shape index (κ3) is 5.88. The molecule has 2 heterocycles. The van der Waals surface area contributed by atoms with Gasteiger partial charge in [-0.25, -0.2) is 4.79 Å². The Balaban J connectivity index is 1.85. The molecule has 0 spiro atoms. The first kappa shape index (κ1) is 17.2. The molecule has 1 aliphatic rings. The third-order valence-electron chi connectivity index (χ3n) is 4.17. The summed E-state index contributed by atoms with van der Waals surface area (Å²) in [6, 6.07) is 5.28. The van der Waals surface area contributed by atoms with E-state index in [4.69, 9.17) is 0 Å². The molecular weight excluding hydrogens is 294 g/mol. The quantitative estimate of drug-likeness (QED) is 0.872. The molecule has 23 heavy (non-hydrogen) atoms. The lowest BCUT2D eigenvalue weighted by atomic mass is 10.0. The van der Waals surface area contributed by atoms with E-state index in [1.807, 2.05) is 6.07 Å². The second-order valence-electron chi connectivity index (χ2n) is 6.00. The molecule has 1 atom stereocenters. The highest BCUT2D eigenvalue weighted by Gasteiger charge is 2.21. The first-order valence-corrected chi connectivity index (χ1v) is 8.32. The lowest BCUT2D eigenvalue weighted by Gasteiger charge is -2.25. The van der Waals surface area contributed by atoms with Crippen LogP contribution in [-0.4, -0.2) is 46.6 Å². The molecule has 0 radical (unpaired) electrons. The van der Waals surface area contributed by atoms with E-state index in [0.29, 0.717) is 6.42 Å². The molecule has 0 bridgehead atoms. The first-order chi connectivity index (χ1) is 11.2. The fourth-order valence-corrected chi connectivity index (χ4v) is 2.79. The van der Waals surface area contributed by atoms with Crippen molar-refractivity contribution in [1.29, 1.82) is 0 Å². The van der Waals surface area contributed by atoms with Gasteiger partial charge in [0.05, 0.1) is 5.92 Å². The van der Waals surface area contributed by atoms with Crippen LogP contribution in [0, 0.1) is 5.92 Å². The van der Waals surface area contributed by atoms with E-state index in [0.717, 1.165) is 44.5 Å². The molecule has 1 fully saturated rings. The number of hydrogen-bond donors (Lipinski definition) is 2. The average molecular weight is 319 g/mol. The molecule has 1 aliphatic heterocycles. The van der Waals surface area contributed by atoms with Gasteiger partial charge in [0, 0.05) is 37.9 Å². The highest BCUT2D eigenvalue weighted by molar-refractivity contribution is 5.76. The summed E-state index contributed by atoms with van der Waals surface area (Å²) < 4.78 is 0. The van der Waals surface area contributed by atoms with Gasteiger partial charge in [-0.2, -0.15) is 0 Å². The van der Waals surface area contributed by atoms with Gasteiger partial charge in [-0.05, 0) is 25.0 Å². The molecule has 6 heteroatoms. The number of likely N-dealkylation sites (tertiary alicyclic amines) is 1. The molecule has 2 rings (SSSR count). The molecular formula is C17H25N3O3. The molecule has 0 saturated carbocycles. The topological polar surface area (TPSA) is 82.5 Å². The van der Waals surface area contributed by atoms with Crippen LogP contribution in [0.3, 0.4) is 0 Å². The normalized spacial score (nSPS) is 17.0. The Kier molecular flexibility index (Phi) is 6.84. The fraction of sp³-hybridized carbons (Fsp3) is 0.588. The Labute approximate surface area is 136 Å². The minimum Gasteiger partial charge on any atom is -0.481 e. The van der Waals surface area contributed by atoms with E-state index >= 15 is 0 Å². The van der Waals surface area contributed by atoms with Gasteiger partial charge in [-0.15, -0.1) is 0 Å². The number of amides is 2. The first-order valence-electron chi connectivity index (χ1n) is 8.32. The van der Waals surface area contributed by atoms with E-state index in [2.05, 4.69) is 10.3 Å². The number of nitrogens with zero attached hydrogens (tertiary/aromatic N) is 2. The zero-order valence-electron chi connectivity index (χ0n) is 13.4. The van der Waals surface area contributed by atoms with Gasteiger partial charge in [0.15, 0.2) is 0 Å². The van der Waals surface area contributed by atoms with E-state index in [9.17, 15) is 14.7 Å². The number of aromatic nitrogens is 1. The number of carboxylic acid groups (broad SMARTS) is 1. The van der Waals surface area contributed by atoms with Crippen molar-refractivity contribution in [2.45, 2.75) is 38.5 Å². The number of hydrogen-bond acceptors (Lipinski definition) is 3. The van der Waals surface area contributed by atoms with Crippen molar-refractivity contribution < 1.29 is 14.7 Å². The maximum absolute atomic E-state index is 12.2. The van der Waals surface area contributed by atoms with Crippen molar-refractivity contribution in [3.63, 3.8) is 0 Å². The van der Waals surface area contributed by atoms with Gasteiger partial charge in [-0.3, -0.25) is 9.78 Å². The molecule has 1 saturated heterocycles. The van der Waals surface area contributed by atoms with Crippen molar-refractivity contribution in [1.82, 2.24) is 15.2 Å². The van der Waals surface area contributed by atoms with Gasteiger partial charge >= 0.3 is 12.0 Å². The zero-order valence-corrected chi connectivity index (χ0v) is 13.4. The Morgan fingerprint density at radius 2 is 1.87 bits per heavy atom. The van der Waals surface area contributed by atoms with Crippen LogP contribution in [0.1, 0.15) is 37.8 Å². The smallest absolute Gasteiger partial charge is 0.317 e. The standard InChI is InChI=1S/C17H25N3O3/c21-16(22)14(12-15-8-4-5-9-18-15)13-19-17(23)20-10-6-2-1-3-7-11-20/h4-5,8-9,14H,1-3,6-7,10-13H2,(H,19,23)(H,21,22). The monoisotopic (exact) mass is 319 g/mol. The summed E-state index contributed by atoms with van der Waals surface area (Å²) in [5.74, 6) is -1.58. The van der Waals surface area contributed by atoms with Gasteiger partial charge in [0.1, 0.15) is 0 Å². The van der Waals surface area contributed by atoms with Crippen molar-refractivity contribution in [2.24, 2.45) is 5.92 Å². The van der Waals surface area contributed by atoms with Crippen LogP contribution in [0.5, 0.6) is 0 Å². The minimum atomic E-state index is -0.913. The van der Waals surface area contributed by atoms with Crippen LogP contribution >= 0.6 is 0 Å². The third-order valence-corrected chi connectivity index (χ3v) is 4.17. The van der Waals surface area contributed by atoms with E-state index in [-0.39, 0.29) is 12.6 Å². The minimum absolute atomic E-state index is 0.126. The Morgan fingerprint density at radius 3 is 2.48 bits per heavy atom. The predicted molar refractivity (Wildman–Crippen MR) is 87.1 cm³/mol. The maximum Gasteiger partial charge on any atom is 0.317 e. The van der Waals surface area contributed by atoms with Gasteiger partial charge < -0.3 is 15.3 Å². The number of rotatable bonds is 5. The second-order valence-corrected chi connectivity index (χ2v) is 6.00. The van der Waals surface area contributed by atoms with Gasteiger partial charge in [-0.1, -0.05) is 25.3 Å². The number of pyridine rings is 1. The van der Waals surface area contributed by atoms with Crippen molar-refractivity contribution in [2.75, 3.05) is 19.6 Å². The summed E-state index contributed by atoms with van der Waals surface area (Å²) in [4.78, 5) is 29.6. The Morgan fingerprint density at radius 1 is 1.17 bits per heavy atom. The summed E-state index contributed by atoms with van der Waals surface area (Å²) in [5, 5.41) is 12.1. The summed E-state index contributed by atoms with van der Waals surface area (Å²) in [6.45, 7) is 1.63. The molecule has 1 aromatic rings. The molecule has 2 N–H and O–H groups in total. The SMILES string of the molecule is O=C(O)C(CNC(=O)N1CCCCCCC1)Cc1ccccn1. The zero-order chi connectivity index (χ0) is 16.5. The van der Waals surface area contributed by atoms with Crippen LogP contribution in [0.15, 0.2) is 24.4 Å². The van der Waals surface area contributed by atoms with Crippen LogP contribution in [-0.2, 0) is 11.2 Å². The summed E-state index contributed by atoms with van der Waals surface area (Å²) in [6.07, 6.45) is 7.54. The Bertz CT molecular complexity index is 499.